The van der Waals surface area contributed by atoms with Gasteiger partial charge in [0.2, 0.25) is 5.75 Å². The van der Waals surface area contributed by atoms with Crippen LogP contribution in [0.2, 0.25) is 0 Å². The van der Waals surface area contributed by atoms with E-state index in [0.29, 0.717) is 5.56 Å². The number of benzene rings is 3. The van der Waals surface area contributed by atoms with Gasteiger partial charge in [-0.15, -0.1) is 0 Å². The van der Waals surface area contributed by atoms with Gasteiger partial charge in [0.25, 0.3) is 5.91 Å². The van der Waals surface area contributed by atoms with E-state index in [1.165, 1.54) is 20.4 Å². The Hall–Kier alpha value is -3.80. The van der Waals surface area contributed by atoms with Gasteiger partial charge in [0, 0.05) is 5.56 Å². The van der Waals surface area contributed by atoms with Crippen LogP contribution < -0.4 is 14.9 Å². The molecule has 0 bridgehead atoms. The van der Waals surface area contributed by atoms with E-state index < -0.39 is 5.92 Å². The summed E-state index contributed by atoms with van der Waals surface area (Å²) in [5, 5.41) is 14.1. The fourth-order valence-electron chi connectivity index (χ4n) is 3.01. The van der Waals surface area contributed by atoms with Gasteiger partial charge in [0.05, 0.1) is 26.4 Å². The first-order chi connectivity index (χ1) is 14.1. The molecule has 3 aromatic rings. The lowest BCUT2D eigenvalue weighted by molar-refractivity contribution is -0.121. The second kappa shape index (κ2) is 9.41. The summed E-state index contributed by atoms with van der Waals surface area (Å²) in [6, 6.07) is 22.3. The number of nitrogens with one attached hydrogen (secondary N) is 1. The molecule has 0 aliphatic rings. The number of phenols is 1. The van der Waals surface area contributed by atoms with Crippen LogP contribution in [0, 0.1) is 0 Å². The fourth-order valence-corrected chi connectivity index (χ4v) is 3.01. The molecule has 29 heavy (non-hydrogen) atoms. The molecular formula is C23H22N2O4. The molecule has 6 nitrogen and oxygen atoms in total. The maximum atomic E-state index is 12.9. The van der Waals surface area contributed by atoms with Crippen molar-refractivity contribution in [1.29, 1.82) is 0 Å². The van der Waals surface area contributed by atoms with Crippen molar-refractivity contribution in [3.63, 3.8) is 0 Å². The molecule has 0 aliphatic heterocycles. The molecule has 2 N–H and O–H groups in total. The van der Waals surface area contributed by atoms with Gasteiger partial charge < -0.3 is 14.6 Å². The molecule has 0 spiro atoms. The summed E-state index contributed by atoms with van der Waals surface area (Å²) in [4.78, 5) is 12.9. The molecule has 3 aromatic carbocycles. The van der Waals surface area contributed by atoms with Crippen LogP contribution in [0.1, 0.15) is 22.6 Å². The lowest BCUT2D eigenvalue weighted by atomic mass is 9.91. The molecule has 0 saturated heterocycles. The zero-order valence-corrected chi connectivity index (χ0v) is 16.2. The van der Waals surface area contributed by atoms with Gasteiger partial charge in [0.1, 0.15) is 0 Å². The number of ether oxygens (including phenoxy) is 2. The Morgan fingerprint density at radius 2 is 1.41 bits per heavy atom. The summed E-state index contributed by atoms with van der Waals surface area (Å²) < 4.78 is 10.3. The highest BCUT2D eigenvalue weighted by atomic mass is 16.5. The molecule has 0 atom stereocenters. The fraction of sp³-hybridized carbons (Fsp3) is 0.130. The highest BCUT2D eigenvalue weighted by Gasteiger charge is 2.22. The average molecular weight is 390 g/mol. The molecule has 0 aromatic heterocycles. The molecule has 6 heteroatoms. The van der Waals surface area contributed by atoms with Crippen molar-refractivity contribution in [2.45, 2.75) is 5.92 Å². The summed E-state index contributed by atoms with van der Waals surface area (Å²) >= 11 is 0. The molecule has 0 radical (unpaired) electrons. The summed E-state index contributed by atoms with van der Waals surface area (Å²) in [6.45, 7) is 0. The molecule has 0 saturated carbocycles. The third kappa shape index (κ3) is 4.73. The van der Waals surface area contributed by atoms with Crippen LogP contribution in [0.25, 0.3) is 0 Å². The van der Waals surface area contributed by atoms with Gasteiger partial charge in [-0.3, -0.25) is 4.79 Å². The third-order valence-electron chi connectivity index (χ3n) is 4.42. The SMILES string of the molecule is COc1cc(/C=N/NC(=O)C(c2ccccc2)c2ccccc2)cc(OC)c1O. The Morgan fingerprint density at radius 1 is 0.931 bits per heavy atom. The zero-order valence-electron chi connectivity index (χ0n) is 16.2. The molecular weight excluding hydrogens is 368 g/mol. The lowest BCUT2D eigenvalue weighted by Crippen LogP contribution is -2.26. The maximum absolute atomic E-state index is 12.9. The Bertz CT molecular complexity index is 924. The van der Waals surface area contributed by atoms with Gasteiger partial charge in [-0.2, -0.15) is 5.10 Å². The van der Waals surface area contributed by atoms with Crippen LogP contribution >= 0.6 is 0 Å². The van der Waals surface area contributed by atoms with Crippen molar-refractivity contribution in [2.75, 3.05) is 14.2 Å². The number of carbonyl (C=O) groups excluding carboxylic acids is 1. The van der Waals surface area contributed by atoms with E-state index in [2.05, 4.69) is 10.5 Å². The molecule has 1 amide bonds. The second-order valence-corrected chi connectivity index (χ2v) is 6.26. The van der Waals surface area contributed by atoms with Crippen LogP contribution in [0.5, 0.6) is 17.2 Å². The van der Waals surface area contributed by atoms with E-state index in [4.69, 9.17) is 9.47 Å². The molecule has 0 fully saturated rings. The number of hydrogen-bond acceptors (Lipinski definition) is 5. The second-order valence-electron chi connectivity index (χ2n) is 6.26. The van der Waals surface area contributed by atoms with E-state index in [1.54, 1.807) is 12.1 Å². The first-order valence-electron chi connectivity index (χ1n) is 9.02. The highest BCUT2D eigenvalue weighted by Crippen LogP contribution is 2.36. The van der Waals surface area contributed by atoms with E-state index in [9.17, 15) is 9.90 Å². The number of methoxy groups -OCH3 is 2. The third-order valence-corrected chi connectivity index (χ3v) is 4.42. The van der Waals surface area contributed by atoms with Crippen LogP contribution in [-0.4, -0.2) is 31.4 Å². The lowest BCUT2D eigenvalue weighted by Gasteiger charge is -2.16. The Kier molecular flexibility index (Phi) is 6.47. The number of phenolic OH excluding ortho intramolecular Hbond substituents is 1. The van der Waals surface area contributed by atoms with Crippen molar-refractivity contribution < 1.29 is 19.4 Å². The monoisotopic (exact) mass is 390 g/mol. The van der Waals surface area contributed by atoms with Gasteiger partial charge in [-0.05, 0) is 23.3 Å². The molecule has 0 unspecified atom stereocenters. The number of rotatable bonds is 7. The quantitative estimate of drug-likeness (QED) is 0.476. The first-order valence-corrected chi connectivity index (χ1v) is 9.02. The van der Waals surface area contributed by atoms with Crippen LogP contribution in [0.15, 0.2) is 77.9 Å². The zero-order chi connectivity index (χ0) is 20.6. The number of nitrogens with zero attached hydrogens (tertiary/aromatic N) is 1. The summed E-state index contributed by atoms with van der Waals surface area (Å²) in [7, 11) is 2.89. The van der Waals surface area contributed by atoms with Crippen molar-refractivity contribution in [1.82, 2.24) is 5.43 Å². The van der Waals surface area contributed by atoms with E-state index in [0.717, 1.165) is 11.1 Å². The molecule has 0 heterocycles. The van der Waals surface area contributed by atoms with Crippen LogP contribution in [0.4, 0.5) is 0 Å². The first kappa shape index (κ1) is 19.9. The topological polar surface area (TPSA) is 80.2 Å². The van der Waals surface area contributed by atoms with Crippen molar-refractivity contribution in [3.8, 4) is 17.2 Å². The minimum absolute atomic E-state index is 0.0931. The van der Waals surface area contributed by atoms with Gasteiger partial charge in [0.15, 0.2) is 11.5 Å². The smallest absolute Gasteiger partial charge is 0.252 e. The van der Waals surface area contributed by atoms with E-state index in [1.807, 2.05) is 60.7 Å². The van der Waals surface area contributed by atoms with Crippen LogP contribution in [-0.2, 0) is 4.79 Å². The maximum Gasteiger partial charge on any atom is 0.252 e. The predicted molar refractivity (Wildman–Crippen MR) is 112 cm³/mol. The Balaban J connectivity index is 1.82. The number of carbonyl (C=O) groups is 1. The Labute approximate surface area is 169 Å². The number of hydrogen-bond donors (Lipinski definition) is 2. The number of hydrazone groups is 1. The minimum Gasteiger partial charge on any atom is -0.502 e. The minimum atomic E-state index is -0.488. The van der Waals surface area contributed by atoms with Gasteiger partial charge in [-0.1, -0.05) is 60.7 Å². The van der Waals surface area contributed by atoms with Crippen molar-refractivity contribution >= 4 is 12.1 Å². The van der Waals surface area contributed by atoms with Gasteiger partial charge in [-0.25, -0.2) is 5.43 Å². The molecule has 0 aliphatic carbocycles. The average Bonchev–Trinajstić information content (AvgIpc) is 2.76. The van der Waals surface area contributed by atoms with Crippen molar-refractivity contribution in [3.05, 3.63) is 89.5 Å². The van der Waals surface area contributed by atoms with E-state index in [-0.39, 0.29) is 23.2 Å². The number of amides is 1. The normalized spacial score (nSPS) is 10.9. The van der Waals surface area contributed by atoms with Crippen LogP contribution in [0.3, 0.4) is 0 Å². The highest BCUT2D eigenvalue weighted by molar-refractivity contribution is 5.89. The van der Waals surface area contributed by atoms with Crippen molar-refractivity contribution in [2.24, 2.45) is 5.10 Å². The van der Waals surface area contributed by atoms with E-state index >= 15 is 0 Å². The molecule has 3 rings (SSSR count). The largest absolute Gasteiger partial charge is 0.502 e. The summed E-state index contributed by atoms with van der Waals surface area (Å²) in [5.74, 6) is -0.327. The predicted octanol–water partition coefficient (Wildman–Crippen LogP) is 3.69. The standard InChI is InChI=1S/C23H22N2O4/c1-28-19-13-16(14-20(29-2)22(19)26)15-24-25-23(27)21(17-9-5-3-6-10-17)18-11-7-4-8-12-18/h3-15,21,26H,1-2H3,(H,25,27)/b24-15+. The summed E-state index contributed by atoms with van der Waals surface area (Å²) in [6.07, 6.45) is 1.47. The molecule has 148 valence electrons. The Morgan fingerprint density at radius 3 is 1.86 bits per heavy atom. The summed E-state index contributed by atoms with van der Waals surface area (Å²) in [5.41, 5.74) is 4.96. The van der Waals surface area contributed by atoms with Gasteiger partial charge >= 0.3 is 0 Å². The number of aromatic hydroxyl groups is 1.